The zero-order valence-corrected chi connectivity index (χ0v) is 17.0. The third kappa shape index (κ3) is 6.16. The van der Waals surface area contributed by atoms with Crippen LogP contribution in [0.25, 0.3) is 11.3 Å². The van der Waals surface area contributed by atoms with Crippen LogP contribution >= 0.6 is 0 Å². The lowest BCUT2D eigenvalue weighted by Gasteiger charge is -2.21. The van der Waals surface area contributed by atoms with E-state index in [1.165, 1.54) is 24.8 Å². The minimum Gasteiger partial charge on any atom is -0.339 e. The zero-order chi connectivity index (χ0) is 20.2. The van der Waals surface area contributed by atoms with Gasteiger partial charge >= 0.3 is 0 Å². The van der Waals surface area contributed by atoms with Crippen LogP contribution in [0.3, 0.4) is 0 Å². The second kappa shape index (κ2) is 11.9. The lowest BCUT2D eigenvalue weighted by Crippen LogP contribution is -2.25. The Hall–Kier alpha value is -2.73. The summed E-state index contributed by atoms with van der Waals surface area (Å²) in [6.07, 6.45) is 4.25. The van der Waals surface area contributed by atoms with E-state index >= 15 is 0 Å². The normalized spacial score (nSPS) is 11.6. The van der Waals surface area contributed by atoms with Crippen LogP contribution in [0.1, 0.15) is 38.7 Å². The number of carbonyl (C=O) groups is 1. The summed E-state index contributed by atoms with van der Waals surface area (Å²) in [5.41, 5.74) is 3.90. The van der Waals surface area contributed by atoms with Crippen LogP contribution in [0, 0.1) is 0 Å². The number of rotatable bonds is 12. The summed E-state index contributed by atoms with van der Waals surface area (Å²) in [5.74, 6) is 0. The third-order valence-electron chi connectivity index (χ3n) is 4.53. The van der Waals surface area contributed by atoms with E-state index in [4.69, 9.17) is 0 Å². The zero-order valence-electron chi connectivity index (χ0n) is 17.0. The van der Waals surface area contributed by atoms with E-state index in [9.17, 15) is 4.79 Å². The van der Waals surface area contributed by atoms with Crippen molar-refractivity contribution in [1.29, 1.82) is 0 Å². The smallest absolute Gasteiger partial charge is 0.208 e. The van der Waals surface area contributed by atoms with Crippen molar-refractivity contribution in [2.45, 2.75) is 39.7 Å². The molecule has 28 heavy (non-hydrogen) atoms. The Morgan fingerprint density at radius 2 is 1.89 bits per heavy atom. The molecule has 0 saturated carbocycles. The number of aromatic nitrogens is 1. The van der Waals surface area contributed by atoms with E-state index in [2.05, 4.69) is 65.1 Å². The van der Waals surface area contributed by atoms with Crippen molar-refractivity contribution < 1.29 is 4.79 Å². The van der Waals surface area contributed by atoms with Crippen LogP contribution < -0.4 is 10.8 Å². The Morgan fingerprint density at radius 3 is 2.54 bits per heavy atom. The quantitative estimate of drug-likeness (QED) is 0.349. The van der Waals surface area contributed by atoms with Crippen LogP contribution in [-0.4, -0.2) is 42.5 Å². The number of pyridine rings is 1. The molecule has 1 aromatic heterocycles. The van der Waals surface area contributed by atoms with Crippen molar-refractivity contribution in [3.63, 3.8) is 0 Å². The van der Waals surface area contributed by atoms with Gasteiger partial charge in [0.25, 0.3) is 0 Å². The van der Waals surface area contributed by atoms with E-state index in [1.807, 2.05) is 18.2 Å². The Kier molecular flexibility index (Phi) is 9.15. The first kappa shape index (κ1) is 21.6. The molecule has 0 radical (unpaired) electrons. The summed E-state index contributed by atoms with van der Waals surface area (Å²) in [6, 6.07) is 14.3. The summed E-state index contributed by atoms with van der Waals surface area (Å²) >= 11 is 0. The lowest BCUT2D eigenvalue weighted by molar-refractivity contribution is -0.109. The van der Waals surface area contributed by atoms with Gasteiger partial charge in [0.1, 0.15) is 6.67 Å². The molecule has 2 aromatic rings. The van der Waals surface area contributed by atoms with Crippen molar-refractivity contribution >= 4 is 13.1 Å². The molecule has 0 aliphatic rings. The van der Waals surface area contributed by atoms with Crippen molar-refractivity contribution in [3.8, 4) is 11.3 Å². The summed E-state index contributed by atoms with van der Waals surface area (Å²) < 4.78 is 1.69. The molecule has 0 aliphatic carbocycles. The van der Waals surface area contributed by atoms with Gasteiger partial charge in [0.15, 0.2) is 5.49 Å². The van der Waals surface area contributed by atoms with Crippen molar-refractivity contribution in [2.24, 2.45) is 10.1 Å². The fraction of sp³-hybridized carbons (Fsp3) is 0.409. The van der Waals surface area contributed by atoms with E-state index in [0.29, 0.717) is 11.9 Å². The molecule has 0 saturated heterocycles. The van der Waals surface area contributed by atoms with Crippen LogP contribution in [-0.2, 0) is 11.3 Å². The largest absolute Gasteiger partial charge is 0.339 e. The van der Waals surface area contributed by atoms with E-state index < -0.39 is 0 Å². The lowest BCUT2D eigenvalue weighted by atomic mass is 10.1. The second-order valence-electron chi connectivity index (χ2n) is 6.69. The number of nitrogens with one attached hydrogen (secondary N) is 1. The first-order valence-corrected chi connectivity index (χ1v) is 9.91. The van der Waals surface area contributed by atoms with Gasteiger partial charge in [-0.25, -0.2) is 9.67 Å². The fourth-order valence-electron chi connectivity index (χ4n) is 3.15. The molecule has 2 rings (SSSR count). The van der Waals surface area contributed by atoms with Gasteiger partial charge in [0.05, 0.1) is 5.69 Å². The number of nitrogens with zero attached hydrogens (tertiary/aromatic N) is 4. The van der Waals surface area contributed by atoms with E-state index in [1.54, 1.807) is 4.68 Å². The number of benzene rings is 1. The van der Waals surface area contributed by atoms with Gasteiger partial charge in [-0.15, -0.1) is 0 Å². The molecular weight excluding hydrogens is 350 g/mol. The van der Waals surface area contributed by atoms with Crippen LogP contribution in [0.5, 0.6) is 0 Å². The molecule has 1 aromatic carbocycles. The average molecular weight is 382 g/mol. The molecular formula is C22H31N5O. The molecule has 0 spiro atoms. The van der Waals surface area contributed by atoms with Gasteiger partial charge in [-0.05, 0) is 43.6 Å². The molecule has 0 atom stereocenters. The highest BCUT2D eigenvalue weighted by Gasteiger charge is 2.07. The maximum Gasteiger partial charge on any atom is 0.208 e. The maximum absolute atomic E-state index is 10.4. The minimum atomic E-state index is 0.201. The van der Waals surface area contributed by atoms with Gasteiger partial charge in [0.2, 0.25) is 6.41 Å². The van der Waals surface area contributed by atoms with Crippen LogP contribution in [0.4, 0.5) is 0 Å². The molecule has 0 bridgehead atoms. The summed E-state index contributed by atoms with van der Waals surface area (Å²) in [6.45, 7) is 11.6. The summed E-state index contributed by atoms with van der Waals surface area (Å²) in [5, 5.41) is 6.63. The van der Waals surface area contributed by atoms with Gasteiger partial charge < -0.3 is 5.32 Å². The van der Waals surface area contributed by atoms with Crippen molar-refractivity contribution in [1.82, 2.24) is 14.9 Å². The average Bonchev–Trinajstić information content (AvgIpc) is 2.72. The predicted octanol–water partition coefficient (Wildman–Crippen LogP) is 3.24. The highest BCUT2D eigenvalue weighted by Crippen LogP contribution is 2.19. The monoisotopic (exact) mass is 381 g/mol. The molecule has 0 aliphatic heterocycles. The Bertz CT molecular complexity index is 810. The van der Waals surface area contributed by atoms with Gasteiger partial charge in [-0.2, -0.15) is 5.10 Å². The topological polar surface area (TPSA) is 62.0 Å². The number of unbranched alkanes of at least 4 members (excludes halogenated alkanes) is 1. The standard InChI is InChI=1S/C22H31N5O/c1-4-6-15-26(14-5-2)16-19-10-12-20(13-11-19)21-8-7-9-22(27(21)23-3)25-17-24-18-28/h7-13,18H,3-6,14-17H2,1-2H3,(H,24,28)/b25-22-. The van der Waals surface area contributed by atoms with Gasteiger partial charge in [0, 0.05) is 18.8 Å². The van der Waals surface area contributed by atoms with Crippen LogP contribution in [0.15, 0.2) is 52.6 Å². The molecule has 1 heterocycles. The molecule has 1 N–H and O–H groups in total. The third-order valence-corrected chi connectivity index (χ3v) is 4.53. The maximum atomic E-state index is 10.4. The first-order chi connectivity index (χ1) is 13.7. The Labute approximate surface area is 167 Å². The number of hydrogen-bond acceptors (Lipinski definition) is 4. The molecule has 6 nitrogen and oxygen atoms in total. The Morgan fingerprint density at radius 1 is 1.11 bits per heavy atom. The fourth-order valence-corrected chi connectivity index (χ4v) is 3.15. The molecule has 1 amide bonds. The van der Waals surface area contributed by atoms with Crippen LogP contribution in [0.2, 0.25) is 0 Å². The van der Waals surface area contributed by atoms with E-state index in [0.717, 1.165) is 30.9 Å². The minimum absolute atomic E-state index is 0.201. The number of hydrogen-bond donors (Lipinski definition) is 1. The number of amides is 1. The number of carbonyl (C=O) groups excluding carboxylic acids is 1. The second-order valence-corrected chi connectivity index (χ2v) is 6.69. The molecule has 0 fully saturated rings. The first-order valence-electron chi connectivity index (χ1n) is 9.91. The highest BCUT2D eigenvalue weighted by molar-refractivity contribution is 5.60. The molecule has 150 valence electrons. The molecule has 6 heteroatoms. The highest BCUT2D eigenvalue weighted by atomic mass is 16.1. The van der Waals surface area contributed by atoms with E-state index in [-0.39, 0.29) is 6.67 Å². The Balaban J connectivity index is 2.23. The molecule has 0 unspecified atom stereocenters. The summed E-state index contributed by atoms with van der Waals surface area (Å²) in [7, 11) is 0. The van der Waals surface area contributed by atoms with Gasteiger partial charge in [-0.3, -0.25) is 9.69 Å². The van der Waals surface area contributed by atoms with Crippen molar-refractivity contribution in [3.05, 3.63) is 53.5 Å². The summed E-state index contributed by atoms with van der Waals surface area (Å²) in [4.78, 5) is 17.3. The predicted molar refractivity (Wildman–Crippen MR) is 115 cm³/mol. The van der Waals surface area contributed by atoms with Gasteiger partial charge in [-0.1, -0.05) is 50.6 Å². The van der Waals surface area contributed by atoms with Crippen molar-refractivity contribution in [2.75, 3.05) is 19.8 Å². The SMILES string of the molecule is C=Nn1c(-c2ccc(CN(CCC)CCCC)cc2)ccc/c1=N/CNC=O.